The normalized spacial score (nSPS) is 9.95. The molecule has 2 N–H and O–H groups in total. The summed E-state index contributed by atoms with van der Waals surface area (Å²) < 4.78 is 10.7. The van der Waals surface area contributed by atoms with Gasteiger partial charge in [0.1, 0.15) is 17.3 Å². The van der Waals surface area contributed by atoms with Gasteiger partial charge in [-0.2, -0.15) is 4.98 Å². The van der Waals surface area contributed by atoms with Gasteiger partial charge in [-0.15, -0.1) is 0 Å². The van der Waals surface area contributed by atoms with Crippen molar-refractivity contribution in [1.29, 1.82) is 0 Å². The molecule has 6 nitrogen and oxygen atoms in total. The van der Waals surface area contributed by atoms with Gasteiger partial charge in [-0.3, -0.25) is 0 Å². The molecule has 1 heterocycles. The topological polar surface area (TPSA) is 68.3 Å². The minimum Gasteiger partial charge on any atom is -0.496 e. The molecule has 0 radical (unpaired) electrons. The van der Waals surface area contributed by atoms with Crippen LogP contribution in [-0.4, -0.2) is 31.2 Å². The number of hydrogen-bond acceptors (Lipinski definition) is 6. The predicted molar refractivity (Wildman–Crippen MR) is 78.5 cm³/mol. The molecule has 2 aromatic rings. The van der Waals surface area contributed by atoms with E-state index in [0.29, 0.717) is 12.5 Å². The SMILES string of the molecule is CNc1ccnc(NCc2c(OC)cccc2OC)n1. The van der Waals surface area contributed by atoms with Crippen molar-refractivity contribution in [2.45, 2.75) is 6.54 Å². The van der Waals surface area contributed by atoms with Crippen molar-refractivity contribution < 1.29 is 9.47 Å². The van der Waals surface area contributed by atoms with Crippen LogP contribution in [0.25, 0.3) is 0 Å². The molecule has 0 aliphatic heterocycles. The van der Waals surface area contributed by atoms with Crippen molar-refractivity contribution in [2.75, 3.05) is 31.9 Å². The zero-order valence-electron chi connectivity index (χ0n) is 11.8. The number of benzene rings is 1. The molecule has 106 valence electrons. The largest absolute Gasteiger partial charge is 0.496 e. The zero-order valence-corrected chi connectivity index (χ0v) is 11.8. The molecule has 0 unspecified atom stereocenters. The third kappa shape index (κ3) is 3.09. The first kappa shape index (κ1) is 13.9. The van der Waals surface area contributed by atoms with E-state index in [9.17, 15) is 0 Å². The fraction of sp³-hybridized carbons (Fsp3) is 0.286. The first-order valence-corrected chi connectivity index (χ1v) is 6.23. The Balaban J connectivity index is 2.17. The summed E-state index contributed by atoms with van der Waals surface area (Å²) in [7, 11) is 5.09. The van der Waals surface area contributed by atoms with E-state index < -0.39 is 0 Å². The number of rotatable bonds is 6. The van der Waals surface area contributed by atoms with Crippen molar-refractivity contribution in [3.63, 3.8) is 0 Å². The number of methoxy groups -OCH3 is 2. The van der Waals surface area contributed by atoms with Crippen LogP contribution in [-0.2, 0) is 6.54 Å². The van der Waals surface area contributed by atoms with Gasteiger partial charge in [0.15, 0.2) is 0 Å². The highest BCUT2D eigenvalue weighted by atomic mass is 16.5. The lowest BCUT2D eigenvalue weighted by Crippen LogP contribution is -2.07. The summed E-state index contributed by atoms with van der Waals surface area (Å²) >= 11 is 0. The third-order valence-electron chi connectivity index (χ3n) is 2.86. The summed E-state index contributed by atoms with van der Waals surface area (Å²) in [5.41, 5.74) is 0.927. The smallest absolute Gasteiger partial charge is 0.224 e. The molecule has 0 atom stereocenters. The van der Waals surface area contributed by atoms with Crippen LogP contribution in [0.15, 0.2) is 30.5 Å². The summed E-state index contributed by atoms with van der Waals surface area (Å²) in [5.74, 6) is 2.84. The summed E-state index contributed by atoms with van der Waals surface area (Å²) in [6.07, 6.45) is 1.70. The lowest BCUT2D eigenvalue weighted by atomic mass is 10.1. The Bertz CT molecular complexity index is 553. The molecule has 0 saturated carbocycles. The van der Waals surface area contributed by atoms with Gasteiger partial charge >= 0.3 is 0 Å². The van der Waals surface area contributed by atoms with Gasteiger partial charge in [0.2, 0.25) is 5.95 Å². The molecule has 2 rings (SSSR count). The van der Waals surface area contributed by atoms with Crippen molar-refractivity contribution in [3.05, 3.63) is 36.0 Å². The van der Waals surface area contributed by atoms with Crippen LogP contribution < -0.4 is 20.1 Å². The minimum absolute atomic E-state index is 0.514. The molecule has 1 aromatic carbocycles. The minimum atomic E-state index is 0.514. The van der Waals surface area contributed by atoms with Crippen LogP contribution >= 0.6 is 0 Å². The Morgan fingerprint density at radius 1 is 1.10 bits per heavy atom. The monoisotopic (exact) mass is 274 g/mol. The van der Waals surface area contributed by atoms with E-state index in [1.807, 2.05) is 25.2 Å². The Kier molecular flexibility index (Phi) is 4.60. The molecular weight excluding hydrogens is 256 g/mol. The Hall–Kier alpha value is -2.50. The Morgan fingerprint density at radius 3 is 2.40 bits per heavy atom. The number of nitrogens with one attached hydrogen (secondary N) is 2. The molecule has 1 aromatic heterocycles. The van der Waals surface area contributed by atoms with E-state index in [4.69, 9.17) is 9.47 Å². The summed E-state index contributed by atoms with van der Waals surface area (Å²) in [4.78, 5) is 8.47. The van der Waals surface area contributed by atoms with E-state index >= 15 is 0 Å². The summed E-state index contributed by atoms with van der Waals surface area (Å²) in [6, 6.07) is 7.48. The van der Waals surface area contributed by atoms with E-state index in [-0.39, 0.29) is 0 Å². The van der Waals surface area contributed by atoms with Gasteiger partial charge in [0.05, 0.1) is 26.3 Å². The number of aromatic nitrogens is 2. The van der Waals surface area contributed by atoms with Crippen molar-refractivity contribution in [3.8, 4) is 11.5 Å². The van der Waals surface area contributed by atoms with Gasteiger partial charge in [0.25, 0.3) is 0 Å². The lowest BCUT2D eigenvalue weighted by Gasteiger charge is -2.13. The van der Waals surface area contributed by atoms with Crippen molar-refractivity contribution >= 4 is 11.8 Å². The first-order valence-electron chi connectivity index (χ1n) is 6.23. The maximum absolute atomic E-state index is 5.35. The number of ether oxygens (including phenoxy) is 2. The van der Waals surface area contributed by atoms with Crippen LogP contribution in [0.1, 0.15) is 5.56 Å². The second-order valence-corrected chi connectivity index (χ2v) is 4.01. The van der Waals surface area contributed by atoms with E-state index in [0.717, 1.165) is 22.9 Å². The quantitative estimate of drug-likeness (QED) is 0.841. The molecule has 20 heavy (non-hydrogen) atoms. The standard InChI is InChI=1S/C14H18N4O2/c1-15-13-7-8-16-14(18-13)17-9-10-11(19-2)5-4-6-12(10)20-3/h4-8H,9H2,1-3H3,(H2,15,16,17,18). The Labute approximate surface area is 118 Å². The van der Waals surface area contributed by atoms with Gasteiger partial charge < -0.3 is 20.1 Å². The second-order valence-electron chi connectivity index (χ2n) is 4.01. The highest BCUT2D eigenvalue weighted by Crippen LogP contribution is 2.28. The second kappa shape index (κ2) is 6.60. The predicted octanol–water partition coefficient (Wildman–Crippen LogP) is 2.15. The fourth-order valence-electron chi connectivity index (χ4n) is 1.85. The molecule has 0 aliphatic rings. The van der Waals surface area contributed by atoms with Gasteiger partial charge in [-0.05, 0) is 18.2 Å². The van der Waals surface area contributed by atoms with Gasteiger partial charge in [-0.1, -0.05) is 6.07 Å². The maximum Gasteiger partial charge on any atom is 0.224 e. The molecule has 0 saturated heterocycles. The molecule has 0 bridgehead atoms. The van der Waals surface area contributed by atoms with Gasteiger partial charge in [-0.25, -0.2) is 4.98 Å². The first-order chi connectivity index (χ1) is 9.78. The molecule has 0 amide bonds. The van der Waals surface area contributed by atoms with E-state index in [1.54, 1.807) is 26.5 Å². The average Bonchev–Trinajstić information content (AvgIpc) is 2.52. The van der Waals surface area contributed by atoms with Crippen LogP contribution in [0, 0.1) is 0 Å². The lowest BCUT2D eigenvalue weighted by molar-refractivity contribution is 0.386. The van der Waals surface area contributed by atoms with Crippen LogP contribution in [0.2, 0.25) is 0 Å². The van der Waals surface area contributed by atoms with Crippen molar-refractivity contribution in [2.24, 2.45) is 0 Å². The number of hydrogen-bond donors (Lipinski definition) is 2. The average molecular weight is 274 g/mol. The molecule has 0 spiro atoms. The number of nitrogens with zero attached hydrogens (tertiary/aromatic N) is 2. The zero-order chi connectivity index (χ0) is 14.4. The van der Waals surface area contributed by atoms with Gasteiger partial charge in [0, 0.05) is 13.2 Å². The molecule has 0 fully saturated rings. The highest BCUT2D eigenvalue weighted by Gasteiger charge is 2.10. The third-order valence-corrected chi connectivity index (χ3v) is 2.86. The van der Waals surface area contributed by atoms with Crippen LogP contribution in [0.4, 0.5) is 11.8 Å². The fourth-order valence-corrected chi connectivity index (χ4v) is 1.85. The highest BCUT2D eigenvalue weighted by molar-refractivity contribution is 5.47. The van der Waals surface area contributed by atoms with Crippen LogP contribution in [0.5, 0.6) is 11.5 Å². The molecule has 0 aliphatic carbocycles. The van der Waals surface area contributed by atoms with E-state index in [2.05, 4.69) is 20.6 Å². The van der Waals surface area contributed by atoms with E-state index in [1.165, 1.54) is 0 Å². The van der Waals surface area contributed by atoms with Crippen molar-refractivity contribution in [1.82, 2.24) is 9.97 Å². The molecule has 6 heteroatoms. The summed E-state index contributed by atoms with van der Waals surface area (Å²) in [6.45, 7) is 0.514. The maximum atomic E-state index is 5.35. The molecular formula is C14H18N4O2. The Morgan fingerprint density at radius 2 is 1.80 bits per heavy atom. The number of anilines is 2. The summed E-state index contributed by atoms with van der Waals surface area (Å²) in [5, 5.41) is 6.13. The van der Waals surface area contributed by atoms with Crippen LogP contribution in [0.3, 0.4) is 0 Å².